The van der Waals surface area contributed by atoms with Gasteiger partial charge in [-0.25, -0.2) is 24.0 Å². The van der Waals surface area contributed by atoms with E-state index in [-0.39, 0.29) is 10.7 Å². The minimum Gasteiger partial charge on any atom is -0.307 e. The quantitative estimate of drug-likeness (QED) is 0.555. The van der Waals surface area contributed by atoms with Crippen LogP contribution < -0.4 is 16.0 Å². The van der Waals surface area contributed by atoms with Crippen LogP contribution in [-0.2, 0) is 10.0 Å². The van der Waals surface area contributed by atoms with E-state index < -0.39 is 16.1 Å². The second-order valence-electron chi connectivity index (χ2n) is 4.12. The normalized spacial score (nSPS) is 12.9. The van der Waals surface area contributed by atoms with Crippen LogP contribution >= 0.6 is 0 Å². The minimum atomic E-state index is -3.73. The van der Waals surface area contributed by atoms with Crippen molar-refractivity contribution in [2.75, 3.05) is 5.43 Å². The van der Waals surface area contributed by atoms with Crippen molar-refractivity contribution in [3.8, 4) is 0 Å². The van der Waals surface area contributed by atoms with Crippen LogP contribution in [0.25, 0.3) is 0 Å². The average molecular weight is 293 g/mol. The third kappa shape index (κ3) is 3.10. The van der Waals surface area contributed by atoms with E-state index in [1.54, 1.807) is 31.5 Å². The molecule has 2 heterocycles. The highest BCUT2D eigenvalue weighted by atomic mass is 32.2. The molecule has 106 valence electrons. The first-order valence-electron chi connectivity index (χ1n) is 5.88. The van der Waals surface area contributed by atoms with Crippen molar-refractivity contribution in [2.45, 2.75) is 17.9 Å². The SMILES string of the molecule is CC(NS(=O)(=O)c1cccnc1NN)c1ccncc1. The summed E-state index contributed by atoms with van der Waals surface area (Å²) in [7, 11) is -3.73. The van der Waals surface area contributed by atoms with Crippen molar-refractivity contribution < 1.29 is 8.42 Å². The Bertz CT molecular complexity index is 675. The maximum Gasteiger partial charge on any atom is 0.244 e. The van der Waals surface area contributed by atoms with Gasteiger partial charge in [-0.15, -0.1) is 0 Å². The van der Waals surface area contributed by atoms with Gasteiger partial charge in [0, 0.05) is 24.6 Å². The summed E-state index contributed by atoms with van der Waals surface area (Å²) in [6.07, 6.45) is 4.68. The van der Waals surface area contributed by atoms with Gasteiger partial charge in [-0.1, -0.05) is 0 Å². The average Bonchev–Trinajstić information content (AvgIpc) is 2.47. The van der Waals surface area contributed by atoms with E-state index in [1.807, 2.05) is 0 Å². The Morgan fingerprint density at radius 3 is 2.55 bits per heavy atom. The molecule has 0 fully saturated rings. The van der Waals surface area contributed by atoms with Crippen LogP contribution in [0.3, 0.4) is 0 Å². The van der Waals surface area contributed by atoms with E-state index in [0.29, 0.717) is 0 Å². The lowest BCUT2D eigenvalue weighted by Gasteiger charge is -2.15. The van der Waals surface area contributed by atoms with Crippen LogP contribution in [0, 0.1) is 0 Å². The lowest BCUT2D eigenvalue weighted by molar-refractivity contribution is 0.566. The number of aromatic nitrogens is 2. The molecular formula is C12H15N5O2S. The highest BCUT2D eigenvalue weighted by Crippen LogP contribution is 2.20. The molecule has 2 aromatic rings. The van der Waals surface area contributed by atoms with Crippen molar-refractivity contribution in [3.63, 3.8) is 0 Å². The van der Waals surface area contributed by atoms with Crippen LogP contribution in [0.4, 0.5) is 5.82 Å². The third-order valence-corrected chi connectivity index (χ3v) is 4.31. The highest BCUT2D eigenvalue weighted by molar-refractivity contribution is 7.89. The molecular weight excluding hydrogens is 278 g/mol. The Morgan fingerprint density at radius 2 is 1.90 bits per heavy atom. The highest BCUT2D eigenvalue weighted by Gasteiger charge is 2.21. The fourth-order valence-corrected chi connectivity index (χ4v) is 3.08. The number of sulfonamides is 1. The molecule has 1 atom stereocenters. The van der Waals surface area contributed by atoms with E-state index in [9.17, 15) is 8.42 Å². The van der Waals surface area contributed by atoms with Crippen LogP contribution in [0.1, 0.15) is 18.5 Å². The second kappa shape index (κ2) is 5.95. The van der Waals surface area contributed by atoms with Crippen molar-refractivity contribution >= 4 is 15.8 Å². The fourth-order valence-electron chi connectivity index (χ4n) is 1.73. The van der Waals surface area contributed by atoms with Crippen molar-refractivity contribution in [1.29, 1.82) is 0 Å². The Hall–Kier alpha value is -2.03. The number of nitrogens with two attached hydrogens (primary N) is 1. The fraction of sp³-hybridized carbons (Fsp3) is 0.167. The zero-order valence-electron chi connectivity index (χ0n) is 10.8. The predicted octanol–water partition coefficient (Wildman–Crippen LogP) is 0.802. The van der Waals surface area contributed by atoms with Crippen molar-refractivity contribution in [3.05, 3.63) is 48.4 Å². The van der Waals surface area contributed by atoms with Gasteiger partial charge in [0.15, 0.2) is 5.82 Å². The molecule has 1 unspecified atom stereocenters. The van der Waals surface area contributed by atoms with E-state index in [2.05, 4.69) is 20.1 Å². The van der Waals surface area contributed by atoms with Crippen LogP contribution in [0.2, 0.25) is 0 Å². The first kappa shape index (κ1) is 14.4. The maximum atomic E-state index is 12.3. The lowest BCUT2D eigenvalue weighted by atomic mass is 10.1. The van der Waals surface area contributed by atoms with Crippen molar-refractivity contribution in [1.82, 2.24) is 14.7 Å². The van der Waals surface area contributed by atoms with E-state index in [4.69, 9.17) is 5.84 Å². The lowest BCUT2D eigenvalue weighted by Crippen LogP contribution is -2.28. The smallest absolute Gasteiger partial charge is 0.244 e. The van der Waals surface area contributed by atoms with Gasteiger partial charge in [0.25, 0.3) is 0 Å². The first-order valence-corrected chi connectivity index (χ1v) is 7.37. The maximum absolute atomic E-state index is 12.3. The number of nitrogens with one attached hydrogen (secondary N) is 2. The topological polar surface area (TPSA) is 110 Å². The van der Waals surface area contributed by atoms with Gasteiger partial charge in [-0.2, -0.15) is 0 Å². The Labute approximate surface area is 117 Å². The molecule has 0 aliphatic carbocycles. The molecule has 0 saturated heterocycles. The second-order valence-corrected chi connectivity index (χ2v) is 5.80. The van der Waals surface area contributed by atoms with Crippen LogP contribution in [0.15, 0.2) is 47.8 Å². The standard InChI is InChI=1S/C12H15N5O2S/c1-9(10-4-7-14-8-5-10)17-20(18,19)11-3-2-6-15-12(11)16-13/h2-9,17H,13H2,1H3,(H,15,16). The van der Waals surface area contributed by atoms with Crippen LogP contribution in [-0.4, -0.2) is 18.4 Å². The van der Waals surface area contributed by atoms with Crippen molar-refractivity contribution in [2.24, 2.45) is 5.84 Å². The molecule has 0 aliphatic rings. The summed E-state index contributed by atoms with van der Waals surface area (Å²) in [5, 5.41) is 0. The number of anilines is 1. The molecule has 2 rings (SSSR count). The van der Waals surface area contributed by atoms with Gasteiger partial charge in [0.1, 0.15) is 4.90 Å². The molecule has 7 nitrogen and oxygen atoms in total. The minimum absolute atomic E-state index is 0.00315. The molecule has 0 radical (unpaired) electrons. The molecule has 8 heteroatoms. The molecule has 0 bridgehead atoms. The molecule has 0 aliphatic heterocycles. The predicted molar refractivity (Wildman–Crippen MR) is 75.0 cm³/mol. The van der Waals surface area contributed by atoms with Gasteiger partial charge < -0.3 is 5.43 Å². The first-order chi connectivity index (χ1) is 9.54. The summed E-state index contributed by atoms with van der Waals surface area (Å²) in [4.78, 5) is 7.78. The van der Waals surface area contributed by atoms with E-state index in [1.165, 1.54) is 18.3 Å². The number of hydrogen-bond acceptors (Lipinski definition) is 6. The molecule has 4 N–H and O–H groups in total. The monoisotopic (exact) mass is 293 g/mol. The van der Waals surface area contributed by atoms with Gasteiger partial charge in [-0.3, -0.25) is 4.98 Å². The summed E-state index contributed by atoms with van der Waals surface area (Å²) in [6, 6.07) is 6.07. The summed E-state index contributed by atoms with van der Waals surface area (Å²) in [5.41, 5.74) is 3.09. The molecule has 20 heavy (non-hydrogen) atoms. The zero-order valence-corrected chi connectivity index (χ0v) is 11.6. The number of rotatable bonds is 5. The van der Waals surface area contributed by atoms with Gasteiger partial charge in [0.05, 0.1) is 0 Å². The Balaban J connectivity index is 2.28. The number of nitrogen functional groups attached to an aromatic ring is 1. The summed E-state index contributed by atoms with van der Waals surface area (Å²) in [5.74, 6) is 5.38. The summed E-state index contributed by atoms with van der Waals surface area (Å²) < 4.78 is 27.2. The molecule has 0 amide bonds. The molecule has 0 saturated carbocycles. The van der Waals surface area contributed by atoms with E-state index >= 15 is 0 Å². The third-order valence-electron chi connectivity index (χ3n) is 2.73. The molecule has 0 aromatic carbocycles. The Kier molecular flexibility index (Phi) is 4.28. The summed E-state index contributed by atoms with van der Waals surface area (Å²) >= 11 is 0. The molecule has 2 aromatic heterocycles. The number of nitrogens with zero attached hydrogens (tertiary/aromatic N) is 2. The largest absolute Gasteiger partial charge is 0.307 e. The molecule has 0 spiro atoms. The van der Waals surface area contributed by atoms with E-state index in [0.717, 1.165) is 5.56 Å². The summed E-state index contributed by atoms with van der Waals surface area (Å²) in [6.45, 7) is 1.75. The number of hydrogen-bond donors (Lipinski definition) is 3. The van der Waals surface area contributed by atoms with Crippen LogP contribution in [0.5, 0.6) is 0 Å². The zero-order chi connectivity index (χ0) is 14.6. The van der Waals surface area contributed by atoms with Gasteiger partial charge >= 0.3 is 0 Å². The van der Waals surface area contributed by atoms with Gasteiger partial charge in [-0.05, 0) is 36.8 Å². The number of pyridine rings is 2. The Morgan fingerprint density at radius 1 is 1.20 bits per heavy atom. The van der Waals surface area contributed by atoms with Gasteiger partial charge in [0.2, 0.25) is 10.0 Å². The number of hydrazine groups is 1.